The fourth-order valence-corrected chi connectivity index (χ4v) is 3.46. The molecular formula is C17H22O6. The third-order valence-electron chi connectivity index (χ3n) is 4.98. The van der Waals surface area contributed by atoms with E-state index in [9.17, 15) is 9.59 Å². The number of hydrogen-bond donors (Lipinski definition) is 0. The second-order valence-electron chi connectivity index (χ2n) is 6.54. The Hall–Kier alpha value is -1.82. The summed E-state index contributed by atoms with van der Waals surface area (Å²) in [4.78, 5) is 23.0. The molecule has 3 rings (SSSR count). The van der Waals surface area contributed by atoms with E-state index in [2.05, 4.69) is 17.4 Å². The van der Waals surface area contributed by atoms with Crippen LogP contribution < -0.4 is 0 Å². The van der Waals surface area contributed by atoms with E-state index >= 15 is 0 Å². The van der Waals surface area contributed by atoms with Crippen molar-refractivity contribution >= 4 is 12.1 Å². The summed E-state index contributed by atoms with van der Waals surface area (Å²) in [5.74, 6) is -0.373. The lowest BCUT2D eigenvalue weighted by molar-refractivity contribution is -0.140. The maximum absolute atomic E-state index is 11.9. The normalized spacial score (nSPS) is 36.3. The summed E-state index contributed by atoms with van der Waals surface area (Å²) < 4.78 is 20.9. The van der Waals surface area contributed by atoms with Crippen molar-refractivity contribution in [2.24, 2.45) is 5.92 Å². The van der Waals surface area contributed by atoms with Gasteiger partial charge in [0.1, 0.15) is 18.8 Å². The monoisotopic (exact) mass is 322 g/mol. The van der Waals surface area contributed by atoms with Crippen molar-refractivity contribution in [2.45, 2.75) is 50.4 Å². The summed E-state index contributed by atoms with van der Waals surface area (Å²) in [6, 6.07) is 0. The van der Waals surface area contributed by atoms with Crippen LogP contribution in [0, 0.1) is 5.92 Å². The lowest BCUT2D eigenvalue weighted by Crippen LogP contribution is -2.29. The quantitative estimate of drug-likeness (QED) is 0.337. The minimum Gasteiger partial charge on any atom is -0.455 e. The Labute approximate surface area is 135 Å². The molecule has 6 heteroatoms. The van der Waals surface area contributed by atoms with Gasteiger partial charge >= 0.3 is 12.1 Å². The molecular weight excluding hydrogens is 300 g/mol. The second-order valence-corrected chi connectivity index (χ2v) is 6.54. The van der Waals surface area contributed by atoms with Crippen LogP contribution in [0.15, 0.2) is 23.8 Å². The van der Waals surface area contributed by atoms with Crippen molar-refractivity contribution in [1.29, 1.82) is 0 Å². The van der Waals surface area contributed by atoms with E-state index in [1.54, 1.807) is 0 Å². The predicted molar refractivity (Wildman–Crippen MR) is 80.7 cm³/mol. The number of esters is 1. The highest BCUT2D eigenvalue weighted by molar-refractivity contribution is 5.91. The molecule has 0 radical (unpaired) electrons. The highest BCUT2D eigenvalue weighted by Gasteiger charge is 2.61. The lowest BCUT2D eigenvalue weighted by atomic mass is 9.84. The average molecular weight is 322 g/mol. The fraction of sp³-hybridized carbons (Fsp3) is 0.647. The van der Waals surface area contributed by atoms with Gasteiger partial charge in [-0.15, -0.1) is 0 Å². The number of allylic oxidation sites excluding steroid dienone is 1. The first-order valence-corrected chi connectivity index (χ1v) is 7.91. The summed E-state index contributed by atoms with van der Waals surface area (Å²) in [7, 11) is 1.28. The molecule has 0 aromatic heterocycles. The number of carbonyl (C=O) groups is 2. The first-order chi connectivity index (χ1) is 10.9. The molecule has 6 nitrogen and oxygen atoms in total. The molecule has 2 heterocycles. The van der Waals surface area contributed by atoms with Crippen molar-refractivity contribution in [1.82, 2.24) is 0 Å². The Morgan fingerprint density at radius 1 is 1.52 bits per heavy atom. The predicted octanol–water partition coefficient (Wildman–Crippen LogP) is 2.53. The molecule has 0 aromatic rings. The van der Waals surface area contributed by atoms with Crippen molar-refractivity contribution in [3.05, 3.63) is 23.8 Å². The van der Waals surface area contributed by atoms with Crippen molar-refractivity contribution in [3.63, 3.8) is 0 Å². The van der Waals surface area contributed by atoms with Gasteiger partial charge < -0.3 is 18.9 Å². The van der Waals surface area contributed by atoms with Gasteiger partial charge in [0.2, 0.25) is 0 Å². The van der Waals surface area contributed by atoms with Gasteiger partial charge in [0.05, 0.1) is 12.7 Å². The molecule has 126 valence electrons. The molecule has 0 amide bonds. The van der Waals surface area contributed by atoms with Gasteiger partial charge in [-0.1, -0.05) is 12.7 Å². The maximum Gasteiger partial charge on any atom is 0.508 e. The zero-order valence-electron chi connectivity index (χ0n) is 13.5. The summed E-state index contributed by atoms with van der Waals surface area (Å²) in [6.07, 6.45) is 4.22. The largest absolute Gasteiger partial charge is 0.508 e. The molecule has 2 fully saturated rings. The Kier molecular flexibility index (Phi) is 4.19. The number of rotatable bonds is 2. The number of ether oxygens (including phenoxy) is 4. The van der Waals surface area contributed by atoms with E-state index < -0.39 is 6.16 Å². The van der Waals surface area contributed by atoms with Gasteiger partial charge in [-0.25, -0.2) is 9.59 Å². The SMILES string of the molecule is C=C1C(=O)O[C@H]2[C@H]1CCC(COC(=O)OC)=CCC[C@@]1(C)O[C@@H]21. The molecule has 0 aromatic carbocycles. The van der Waals surface area contributed by atoms with Gasteiger partial charge in [-0.2, -0.15) is 0 Å². The lowest BCUT2D eigenvalue weighted by Gasteiger charge is -2.19. The molecule has 0 unspecified atom stereocenters. The molecule has 0 spiro atoms. The highest BCUT2D eigenvalue weighted by Crippen LogP contribution is 2.49. The second kappa shape index (κ2) is 6.00. The van der Waals surface area contributed by atoms with E-state index in [-0.39, 0.29) is 36.3 Å². The van der Waals surface area contributed by atoms with Crippen LogP contribution in [-0.2, 0) is 23.7 Å². The molecule has 23 heavy (non-hydrogen) atoms. The Morgan fingerprint density at radius 3 is 3.04 bits per heavy atom. The molecule has 0 N–H and O–H groups in total. The maximum atomic E-state index is 11.9. The Bertz CT molecular complexity index is 565. The van der Waals surface area contributed by atoms with Crippen LogP contribution in [0.3, 0.4) is 0 Å². The van der Waals surface area contributed by atoms with Crippen LogP contribution in [0.25, 0.3) is 0 Å². The zero-order chi connectivity index (χ0) is 16.6. The van der Waals surface area contributed by atoms with E-state index in [0.717, 1.165) is 31.3 Å². The van der Waals surface area contributed by atoms with Crippen molar-refractivity contribution in [2.75, 3.05) is 13.7 Å². The smallest absolute Gasteiger partial charge is 0.455 e. The molecule has 4 atom stereocenters. The molecule has 1 aliphatic carbocycles. The van der Waals surface area contributed by atoms with Crippen LogP contribution in [0.5, 0.6) is 0 Å². The third-order valence-corrected chi connectivity index (χ3v) is 4.98. The number of fused-ring (bicyclic) bond motifs is 3. The summed E-state index contributed by atoms with van der Waals surface area (Å²) in [5.41, 5.74) is 1.28. The average Bonchev–Trinajstić information content (AvgIpc) is 3.12. The van der Waals surface area contributed by atoms with Crippen LogP contribution in [0.4, 0.5) is 4.79 Å². The highest BCUT2D eigenvalue weighted by atomic mass is 16.7. The van der Waals surface area contributed by atoms with E-state index in [1.165, 1.54) is 7.11 Å². The summed E-state index contributed by atoms with van der Waals surface area (Å²) >= 11 is 0. The summed E-state index contributed by atoms with van der Waals surface area (Å²) in [6.45, 7) is 6.13. The zero-order valence-corrected chi connectivity index (χ0v) is 13.5. The van der Waals surface area contributed by atoms with Gasteiger partial charge in [0.25, 0.3) is 0 Å². The molecule has 2 saturated heterocycles. The Balaban J connectivity index is 1.73. The van der Waals surface area contributed by atoms with Crippen LogP contribution in [0.2, 0.25) is 0 Å². The minimum atomic E-state index is -0.692. The Morgan fingerprint density at radius 2 is 2.30 bits per heavy atom. The first-order valence-electron chi connectivity index (χ1n) is 7.91. The van der Waals surface area contributed by atoms with Crippen LogP contribution in [-0.4, -0.2) is 43.7 Å². The van der Waals surface area contributed by atoms with Gasteiger partial charge in [0, 0.05) is 11.5 Å². The van der Waals surface area contributed by atoms with Crippen LogP contribution in [0.1, 0.15) is 32.6 Å². The number of methoxy groups -OCH3 is 1. The number of hydrogen-bond acceptors (Lipinski definition) is 6. The fourth-order valence-electron chi connectivity index (χ4n) is 3.46. The molecule has 0 saturated carbocycles. The van der Waals surface area contributed by atoms with E-state index in [1.807, 2.05) is 6.92 Å². The first kappa shape index (κ1) is 16.1. The topological polar surface area (TPSA) is 74.4 Å². The van der Waals surface area contributed by atoms with Gasteiger partial charge in [-0.3, -0.25) is 0 Å². The van der Waals surface area contributed by atoms with Crippen LogP contribution >= 0.6 is 0 Å². The molecule has 3 aliphatic rings. The minimum absolute atomic E-state index is 0.0445. The van der Waals surface area contributed by atoms with Crippen molar-refractivity contribution in [3.8, 4) is 0 Å². The standard InChI is InChI=1S/C17H22O6/c1-10-12-7-6-11(9-21-16(19)20-3)5-4-8-17(2)14(23-17)13(12)22-15(10)18/h5,12-14H,1,4,6-9H2,2-3H3/t12-,13-,14-,17+/m0/s1. The summed E-state index contributed by atoms with van der Waals surface area (Å²) in [5, 5.41) is 0. The third kappa shape index (κ3) is 3.13. The van der Waals surface area contributed by atoms with Gasteiger partial charge in [-0.05, 0) is 38.2 Å². The van der Waals surface area contributed by atoms with E-state index in [4.69, 9.17) is 14.2 Å². The van der Waals surface area contributed by atoms with Crippen molar-refractivity contribution < 1.29 is 28.5 Å². The molecule has 0 bridgehead atoms. The number of carbonyl (C=O) groups excluding carboxylic acids is 2. The van der Waals surface area contributed by atoms with E-state index in [0.29, 0.717) is 5.57 Å². The molecule has 2 aliphatic heterocycles. The van der Waals surface area contributed by atoms with Gasteiger partial charge in [0.15, 0.2) is 0 Å². The number of epoxide rings is 1.